The van der Waals surface area contributed by atoms with Crippen LogP contribution in [0.25, 0.3) is 0 Å². The third-order valence-electron chi connectivity index (χ3n) is 3.45. The van der Waals surface area contributed by atoms with Gasteiger partial charge in [-0.2, -0.15) is 18.3 Å². The number of halogens is 3. The SMILES string of the molecule is COc1ccc(C)cc1NC(=O)CCn1nc(C(F)(F)F)cc1C. The summed E-state index contributed by atoms with van der Waals surface area (Å²) in [7, 11) is 1.49. The molecule has 0 spiro atoms. The van der Waals surface area contributed by atoms with E-state index < -0.39 is 11.9 Å². The highest BCUT2D eigenvalue weighted by atomic mass is 19.4. The van der Waals surface area contributed by atoms with Gasteiger partial charge in [0.05, 0.1) is 12.8 Å². The number of amides is 1. The van der Waals surface area contributed by atoms with Crippen LogP contribution in [-0.2, 0) is 17.5 Å². The number of anilines is 1. The predicted octanol–water partition coefficient (Wildman–Crippen LogP) is 3.56. The molecule has 0 aliphatic heterocycles. The number of rotatable bonds is 5. The molecule has 5 nitrogen and oxygen atoms in total. The molecule has 2 aromatic rings. The van der Waals surface area contributed by atoms with Crippen molar-refractivity contribution in [2.45, 2.75) is 33.0 Å². The number of benzene rings is 1. The molecule has 0 saturated heterocycles. The molecule has 1 amide bonds. The Labute approximate surface area is 137 Å². The molecule has 0 fully saturated rings. The van der Waals surface area contributed by atoms with Crippen molar-refractivity contribution in [1.29, 1.82) is 0 Å². The van der Waals surface area contributed by atoms with Gasteiger partial charge < -0.3 is 10.1 Å². The summed E-state index contributed by atoms with van der Waals surface area (Å²) in [6, 6.07) is 6.30. The van der Waals surface area contributed by atoms with Crippen molar-refractivity contribution in [3.8, 4) is 5.75 Å². The maximum Gasteiger partial charge on any atom is 0.435 e. The number of nitrogens with zero attached hydrogens (tertiary/aromatic N) is 2. The lowest BCUT2D eigenvalue weighted by atomic mass is 10.2. The molecule has 24 heavy (non-hydrogen) atoms. The van der Waals surface area contributed by atoms with Crippen molar-refractivity contribution in [2.75, 3.05) is 12.4 Å². The topological polar surface area (TPSA) is 56.1 Å². The fourth-order valence-corrected chi connectivity index (χ4v) is 2.21. The number of ether oxygens (including phenoxy) is 1. The number of alkyl halides is 3. The molecule has 1 aromatic heterocycles. The quantitative estimate of drug-likeness (QED) is 0.905. The molecule has 0 radical (unpaired) electrons. The Bertz CT molecular complexity index is 739. The third kappa shape index (κ3) is 4.27. The van der Waals surface area contributed by atoms with Gasteiger partial charge in [0.15, 0.2) is 5.69 Å². The summed E-state index contributed by atoms with van der Waals surface area (Å²) in [6.45, 7) is 3.45. The molecule has 1 N–H and O–H groups in total. The Balaban J connectivity index is 2.02. The fraction of sp³-hybridized carbons (Fsp3) is 0.375. The van der Waals surface area contributed by atoms with E-state index in [1.807, 2.05) is 13.0 Å². The number of aryl methyl sites for hydroxylation is 3. The van der Waals surface area contributed by atoms with E-state index in [0.717, 1.165) is 11.6 Å². The van der Waals surface area contributed by atoms with E-state index in [-0.39, 0.29) is 18.9 Å². The summed E-state index contributed by atoms with van der Waals surface area (Å²) in [5, 5.41) is 6.20. The molecule has 0 bridgehead atoms. The van der Waals surface area contributed by atoms with Crippen molar-refractivity contribution in [3.05, 3.63) is 41.2 Å². The van der Waals surface area contributed by atoms with E-state index >= 15 is 0 Å². The smallest absolute Gasteiger partial charge is 0.435 e. The van der Waals surface area contributed by atoms with Crippen LogP contribution in [0.1, 0.15) is 23.4 Å². The second kappa shape index (κ2) is 6.94. The molecule has 0 saturated carbocycles. The maximum atomic E-state index is 12.6. The predicted molar refractivity (Wildman–Crippen MR) is 82.9 cm³/mol. The van der Waals surface area contributed by atoms with E-state index in [2.05, 4.69) is 10.4 Å². The van der Waals surface area contributed by atoms with Crippen molar-refractivity contribution in [1.82, 2.24) is 9.78 Å². The first-order chi connectivity index (χ1) is 11.2. The van der Waals surface area contributed by atoms with E-state index in [1.54, 1.807) is 12.1 Å². The highest BCUT2D eigenvalue weighted by molar-refractivity contribution is 5.92. The number of aromatic nitrogens is 2. The Kier molecular flexibility index (Phi) is 5.16. The minimum absolute atomic E-state index is 0.00306. The second-order valence-corrected chi connectivity index (χ2v) is 5.39. The molecule has 0 aliphatic rings. The van der Waals surface area contributed by atoms with Gasteiger partial charge in [-0.3, -0.25) is 9.48 Å². The van der Waals surface area contributed by atoms with E-state index in [0.29, 0.717) is 17.1 Å². The van der Waals surface area contributed by atoms with Crippen LogP contribution in [0.4, 0.5) is 18.9 Å². The molecular weight excluding hydrogens is 323 g/mol. The minimum Gasteiger partial charge on any atom is -0.495 e. The number of methoxy groups -OCH3 is 1. The van der Waals surface area contributed by atoms with Gasteiger partial charge in [0.2, 0.25) is 5.91 Å². The van der Waals surface area contributed by atoms with Crippen molar-refractivity contribution < 1.29 is 22.7 Å². The first-order valence-corrected chi connectivity index (χ1v) is 7.27. The molecule has 8 heteroatoms. The van der Waals surface area contributed by atoms with E-state index in [1.165, 1.54) is 18.7 Å². The standard InChI is InChI=1S/C16H18F3N3O2/c1-10-4-5-13(24-3)12(8-10)20-15(23)6-7-22-11(2)9-14(21-22)16(17,18)19/h4-5,8-9H,6-7H2,1-3H3,(H,20,23). The first kappa shape index (κ1) is 17.8. The average Bonchev–Trinajstić information content (AvgIpc) is 2.87. The van der Waals surface area contributed by atoms with Crippen LogP contribution in [0.2, 0.25) is 0 Å². The van der Waals surface area contributed by atoms with Crippen LogP contribution in [-0.4, -0.2) is 22.8 Å². The second-order valence-electron chi connectivity index (χ2n) is 5.39. The summed E-state index contributed by atoms with van der Waals surface area (Å²) in [5.74, 6) is 0.186. The highest BCUT2D eigenvalue weighted by Crippen LogP contribution is 2.28. The van der Waals surface area contributed by atoms with Gasteiger partial charge >= 0.3 is 6.18 Å². The zero-order valence-electron chi connectivity index (χ0n) is 13.6. The molecule has 1 heterocycles. The van der Waals surface area contributed by atoms with E-state index in [4.69, 9.17) is 4.74 Å². The van der Waals surface area contributed by atoms with Crippen LogP contribution < -0.4 is 10.1 Å². The molecule has 130 valence electrons. The summed E-state index contributed by atoms with van der Waals surface area (Å²) in [4.78, 5) is 12.1. The average molecular weight is 341 g/mol. The molecule has 1 aromatic carbocycles. The summed E-state index contributed by atoms with van der Waals surface area (Å²) >= 11 is 0. The van der Waals surface area contributed by atoms with Gasteiger partial charge in [-0.15, -0.1) is 0 Å². The van der Waals surface area contributed by atoms with Crippen LogP contribution in [0, 0.1) is 13.8 Å². The van der Waals surface area contributed by atoms with Crippen LogP contribution >= 0.6 is 0 Å². The highest BCUT2D eigenvalue weighted by Gasteiger charge is 2.34. The lowest BCUT2D eigenvalue weighted by molar-refractivity contribution is -0.141. The van der Waals surface area contributed by atoms with Gasteiger partial charge in [0.1, 0.15) is 5.75 Å². The summed E-state index contributed by atoms with van der Waals surface area (Å²) < 4.78 is 44.2. The Morgan fingerprint density at radius 3 is 2.58 bits per heavy atom. The summed E-state index contributed by atoms with van der Waals surface area (Å²) in [5.41, 5.74) is 0.864. The number of carbonyl (C=O) groups excluding carboxylic acids is 1. The number of hydrogen-bond acceptors (Lipinski definition) is 3. The molecular formula is C16H18F3N3O2. The Morgan fingerprint density at radius 1 is 1.29 bits per heavy atom. The van der Waals surface area contributed by atoms with Gasteiger partial charge in [-0.1, -0.05) is 6.07 Å². The lowest BCUT2D eigenvalue weighted by Crippen LogP contribution is -2.16. The maximum absolute atomic E-state index is 12.6. The third-order valence-corrected chi connectivity index (χ3v) is 3.45. The van der Waals surface area contributed by atoms with Crippen LogP contribution in [0.5, 0.6) is 5.75 Å². The van der Waals surface area contributed by atoms with Crippen LogP contribution in [0.15, 0.2) is 24.3 Å². The zero-order chi connectivity index (χ0) is 17.9. The van der Waals surface area contributed by atoms with Crippen molar-refractivity contribution in [2.24, 2.45) is 0 Å². The summed E-state index contributed by atoms with van der Waals surface area (Å²) in [6.07, 6.45) is -4.50. The largest absolute Gasteiger partial charge is 0.495 e. The van der Waals surface area contributed by atoms with Gasteiger partial charge in [-0.25, -0.2) is 0 Å². The van der Waals surface area contributed by atoms with Gasteiger partial charge in [-0.05, 0) is 37.6 Å². The van der Waals surface area contributed by atoms with Crippen molar-refractivity contribution >= 4 is 11.6 Å². The monoisotopic (exact) mass is 341 g/mol. The molecule has 0 unspecified atom stereocenters. The number of carbonyl (C=O) groups is 1. The molecule has 0 atom stereocenters. The lowest BCUT2D eigenvalue weighted by Gasteiger charge is -2.11. The van der Waals surface area contributed by atoms with E-state index in [9.17, 15) is 18.0 Å². The van der Waals surface area contributed by atoms with Crippen LogP contribution in [0.3, 0.4) is 0 Å². The number of nitrogens with one attached hydrogen (secondary N) is 1. The minimum atomic E-state index is -4.49. The molecule has 0 aliphatic carbocycles. The normalized spacial score (nSPS) is 11.4. The Morgan fingerprint density at radius 2 is 2.00 bits per heavy atom. The van der Waals surface area contributed by atoms with Crippen molar-refractivity contribution in [3.63, 3.8) is 0 Å². The molecule has 2 rings (SSSR count). The first-order valence-electron chi connectivity index (χ1n) is 7.27. The van der Waals surface area contributed by atoms with Gasteiger partial charge in [0.25, 0.3) is 0 Å². The zero-order valence-corrected chi connectivity index (χ0v) is 13.6. The Hall–Kier alpha value is -2.51. The van der Waals surface area contributed by atoms with Gasteiger partial charge in [0, 0.05) is 18.7 Å². The number of hydrogen-bond donors (Lipinski definition) is 1. The fourth-order valence-electron chi connectivity index (χ4n) is 2.21.